The normalized spacial score (nSPS) is 10.6. The molecule has 0 aliphatic heterocycles. The fraction of sp³-hybridized carbons (Fsp3) is 0.190. The molecule has 0 spiro atoms. The van der Waals surface area contributed by atoms with E-state index in [-0.39, 0.29) is 12.8 Å². The highest BCUT2D eigenvalue weighted by Crippen LogP contribution is 2.25. The largest absolute Gasteiger partial charge is 0.456 e. The van der Waals surface area contributed by atoms with Crippen LogP contribution in [-0.4, -0.2) is 23.5 Å². The number of rotatable bonds is 7. The number of anilines is 1. The zero-order chi connectivity index (χ0) is 20.8. The first-order chi connectivity index (χ1) is 13.9. The molecule has 150 valence electrons. The minimum absolute atomic E-state index is 0.0495. The topological polar surface area (TPSA) is 81.4 Å². The maximum Gasteiger partial charge on any atom is 0.306 e. The third-order valence-electron chi connectivity index (χ3n) is 4.00. The van der Waals surface area contributed by atoms with Crippen LogP contribution in [-0.2, 0) is 20.7 Å². The summed E-state index contributed by atoms with van der Waals surface area (Å²) in [6.07, 6.45) is 1.95. The van der Waals surface area contributed by atoms with E-state index in [4.69, 9.17) is 32.4 Å². The summed E-state index contributed by atoms with van der Waals surface area (Å²) >= 11 is 11.7. The van der Waals surface area contributed by atoms with Crippen molar-refractivity contribution in [1.29, 1.82) is 0 Å². The number of nitrogens with one attached hydrogen (secondary N) is 1. The summed E-state index contributed by atoms with van der Waals surface area (Å²) in [6, 6.07) is 12.5. The first kappa shape index (κ1) is 20.9. The lowest BCUT2D eigenvalue weighted by Gasteiger charge is -2.07. The Kier molecular flexibility index (Phi) is 6.90. The Morgan fingerprint density at radius 2 is 1.86 bits per heavy atom. The van der Waals surface area contributed by atoms with E-state index in [1.54, 1.807) is 18.3 Å². The molecule has 0 saturated heterocycles. The van der Waals surface area contributed by atoms with E-state index in [2.05, 4.69) is 10.3 Å². The molecule has 1 N–H and O–H groups in total. The van der Waals surface area contributed by atoms with Gasteiger partial charge in [-0.05, 0) is 25.1 Å². The van der Waals surface area contributed by atoms with Crippen LogP contribution < -0.4 is 5.32 Å². The van der Waals surface area contributed by atoms with E-state index < -0.39 is 18.5 Å². The van der Waals surface area contributed by atoms with Crippen LogP contribution in [0.5, 0.6) is 0 Å². The fourth-order valence-electron chi connectivity index (χ4n) is 2.48. The SMILES string of the molecule is Cc1ccc(-c2cnc(CCC(=O)OCC(=O)Nc3ccc(Cl)c(Cl)c3)o2)cc1. The lowest BCUT2D eigenvalue weighted by atomic mass is 10.1. The van der Waals surface area contributed by atoms with Crippen LogP contribution in [0.2, 0.25) is 10.0 Å². The molecule has 6 nitrogen and oxygen atoms in total. The monoisotopic (exact) mass is 432 g/mol. The number of carbonyl (C=O) groups excluding carboxylic acids is 2. The maximum atomic E-state index is 11.9. The van der Waals surface area contributed by atoms with Gasteiger partial charge in [0.15, 0.2) is 18.3 Å². The van der Waals surface area contributed by atoms with Crippen LogP contribution in [0.1, 0.15) is 17.9 Å². The Hall–Kier alpha value is -2.83. The maximum absolute atomic E-state index is 11.9. The van der Waals surface area contributed by atoms with Crippen LogP contribution >= 0.6 is 23.2 Å². The number of carbonyl (C=O) groups is 2. The standard InChI is InChI=1S/C21H18Cl2N2O4/c1-13-2-4-14(5-3-13)18-11-24-20(29-18)8-9-21(27)28-12-19(26)25-15-6-7-16(22)17(23)10-15/h2-7,10-11H,8-9,12H2,1H3,(H,25,26). The minimum atomic E-state index is -0.524. The number of aromatic nitrogens is 1. The Morgan fingerprint density at radius 3 is 2.59 bits per heavy atom. The van der Waals surface area contributed by atoms with Gasteiger partial charge in [-0.15, -0.1) is 0 Å². The Balaban J connectivity index is 1.43. The molecule has 1 amide bonds. The van der Waals surface area contributed by atoms with Gasteiger partial charge in [0.25, 0.3) is 5.91 Å². The van der Waals surface area contributed by atoms with Crippen molar-refractivity contribution in [2.45, 2.75) is 19.8 Å². The number of esters is 1. The number of hydrogen-bond acceptors (Lipinski definition) is 5. The molecule has 0 bridgehead atoms. The van der Waals surface area contributed by atoms with Crippen LogP contribution in [0, 0.1) is 6.92 Å². The predicted molar refractivity (Wildman–Crippen MR) is 111 cm³/mol. The second kappa shape index (κ2) is 9.58. The minimum Gasteiger partial charge on any atom is -0.456 e. The van der Waals surface area contributed by atoms with Crippen LogP contribution in [0.25, 0.3) is 11.3 Å². The number of benzene rings is 2. The van der Waals surface area contributed by atoms with Crippen molar-refractivity contribution >= 4 is 40.8 Å². The number of hydrogen-bond donors (Lipinski definition) is 1. The van der Waals surface area contributed by atoms with Crippen molar-refractivity contribution in [3.05, 3.63) is 70.2 Å². The summed E-state index contributed by atoms with van der Waals surface area (Å²) in [6.45, 7) is 1.60. The van der Waals surface area contributed by atoms with Gasteiger partial charge in [0.2, 0.25) is 0 Å². The summed E-state index contributed by atoms with van der Waals surface area (Å²) in [4.78, 5) is 27.9. The highest BCUT2D eigenvalue weighted by Gasteiger charge is 2.12. The van der Waals surface area contributed by atoms with Crippen molar-refractivity contribution in [3.63, 3.8) is 0 Å². The zero-order valence-corrected chi connectivity index (χ0v) is 17.1. The number of amides is 1. The van der Waals surface area contributed by atoms with Crippen molar-refractivity contribution < 1.29 is 18.7 Å². The average Bonchev–Trinajstić information content (AvgIpc) is 3.17. The van der Waals surface area contributed by atoms with Gasteiger partial charge in [0, 0.05) is 17.7 Å². The third kappa shape index (κ3) is 6.07. The number of nitrogens with zero attached hydrogens (tertiary/aromatic N) is 1. The quantitative estimate of drug-likeness (QED) is 0.526. The van der Waals surface area contributed by atoms with E-state index in [0.29, 0.717) is 27.4 Å². The van der Waals surface area contributed by atoms with Gasteiger partial charge in [-0.2, -0.15) is 0 Å². The third-order valence-corrected chi connectivity index (χ3v) is 4.74. The number of ether oxygens (including phenoxy) is 1. The summed E-state index contributed by atoms with van der Waals surface area (Å²) in [5, 5.41) is 3.27. The van der Waals surface area contributed by atoms with Gasteiger partial charge in [-0.25, -0.2) is 4.98 Å². The Labute approximate surface area is 177 Å². The highest BCUT2D eigenvalue weighted by molar-refractivity contribution is 6.42. The van der Waals surface area contributed by atoms with E-state index in [1.807, 2.05) is 31.2 Å². The lowest BCUT2D eigenvalue weighted by Crippen LogP contribution is -2.21. The molecule has 8 heteroatoms. The molecule has 2 aromatic carbocycles. The van der Waals surface area contributed by atoms with Crippen LogP contribution in [0.3, 0.4) is 0 Å². The second-order valence-corrected chi connectivity index (χ2v) is 7.14. The molecule has 3 rings (SSSR count). The smallest absolute Gasteiger partial charge is 0.306 e. The summed E-state index contributed by atoms with van der Waals surface area (Å²) in [5.74, 6) is 0.0612. The van der Waals surface area contributed by atoms with Gasteiger partial charge < -0.3 is 14.5 Å². The molecule has 3 aromatic rings. The number of oxazole rings is 1. The number of halogens is 2. The molecular formula is C21H18Cl2N2O4. The van der Waals surface area contributed by atoms with Gasteiger partial charge >= 0.3 is 5.97 Å². The zero-order valence-electron chi connectivity index (χ0n) is 15.6. The first-order valence-electron chi connectivity index (χ1n) is 8.83. The van der Waals surface area contributed by atoms with E-state index in [9.17, 15) is 9.59 Å². The molecule has 0 fully saturated rings. The van der Waals surface area contributed by atoms with Crippen molar-refractivity contribution in [3.8, 4) is 11.3 Å². The molecular weight excluding hydrogens is 415 g/mol. The molecule has 0 atom stereocenters. The fourth-order valence-corrected chi connectivity index (χ4v) is 2.77. The average molecular weight is 433 g/mol. The highest BCUT2D eigenvalue weighted by atomic mass is 35.5. The molecule has 0 aliphatic rings. The van der Waals surface area contributed by atoms with Gasteiger partial charge in [-0.3, -0.25) is 9.59 Å². The van der Waals surface area contributed by atoms with E-state index in [1.165, 1.54) is 6.07 Å². The number of aryl methyl sites for hydroxylation is 2. The molecule has 0 radical (unpaired) electrons. The Morgan fingerprint density at radius 1 is 1.10 bits per heavy atom. The van der Waals surface area contributed by atoms with Crippen LogP contribution in [0.4, 0.5) is 5.69 Å². The van der Waals surface area contributed by atoms with Crippen molar-refractivity contribution in [2.24, 2.45) is 0 Å². The predicted octanol–water partition coefficient (Wildman–Crippen LogP) is 5.07. The molecule has 1 aromatic heterocycles. The molecule has 1 heterocycles. The first-order valence-corrected chi connectivity index (χ1v) is 9.58. The summed E-state index contributed by atoms with van der Waals surface area (Å²) in [5.41, 5.74) is 2.53. The van der Waals surface area contributed by atoms with Crippen molar-refractivity contribution in [1.82, 2.24) is 4.98 Å². The second-order valence-electron chi connectivity index (χ2n) is 6.32. The van der Waals surface area contributed by atoms with E-state index in [0.717, 1.165) is 11.1 Å². The van der Waals surface area contributed by atoms with Gasteiger partial charge in [-0.1, -0.05) is 53.0 Å². The van der Waals surface area contributed by atoms with Crippen LogP contribution in [0.15, 0.2) is 53.1 Å². The van der Waals surface area contributed by atoms with Crippen molar-refractivity contribution in [2.75, 3.05) is 11.9 Å². The molecule has 0 saturated carbocycles. The molecule has 29 heavy (non-hydrogen) atoms. The molecule has 0 aliphatic carbocycles. The summed E-state index contributed by atoms with van der Waals surface area (Å²) < 4.78 is 10.6. The van der Waals surface area contributed by atoms with Gasteiger partial charge in [0.1, 0.15) is 0 Å². The van der Waals surface area contributed by atoms with E-state index >= 15 is 0 Å². The lowest BCUT2D eigenvalue weighted by molar-refractivity contribution is -0.147. The van der Waals surface area contributed by atoms with Gasteiger partial charge in [0.05, 0.1) is 22.7 Å². The molecule has 0 unspecified atom stereocenters. The Bertz CT molecular complexity index is 1020. The summed E-state index contributed by atoms with van der Waals surface area (Å²) in [7, 11) is 0.